The van der Waals surface area contributed by atoms with Crippen LogP contribution in [0.25, 0.3) is 0 Å². The van der Waals surface area contributed by atoms with Crippen LogP contribution in [-0.4, -0.2) is 17.6 Å². The van der Waals surface area contributed by atoms with Gasteiger partial charge in [0.25, 0.3) is 0 Å². The van der Waals surface area contributed by atoms with E-state index in [9.17, 15) is 0 Å². The summed E-state index contributed by atoms with van der Waals surface area (Å²) in [5, 5.41) is 0.314. The van der Waals surface area contributed by atoms with E-state index in [-0.39, 0.29) is 0 Å². The number of hydrogen-bond donors (Lipinski definition) is 0. The first-order valence-corrected chi connectivity index (χ1v) is 5.42. The van der Waals surface area contributed by atoms with Crippen molar-refractivity contribution in [1.29, 1.82) is 0 Å². The standard InChI is InChI=1S/C10H19ClO/c1-4-8-6-9(11)7(3)10(5-2)12-8/h7-10H,4-6H2,1-3H3. The van der Waals surface area contributed by atoms with E-state index in [0.717, 1.165) is 19.3 Å². The van der Waals surface area contributed by atoms with E-state index in [1.54, 1.807) is 0 Å². The highest BCUT2D eigenvalue weighted by molar-refractivity contribution is 6.20. The van der Waals surface area contributed by atoms with E-state index in [4.69, 9.17) is 16.3 Å². The molecular formula is C10H19ClO. The average Bonchev–Trinajstić information content (AvgIpc) is 2.09. The van der Waals surface area contributed by atoms with E-state index in [1.165, 1.54) is 0 Å². The van der Waals surface area contributed by atoms with Crippen LogP contribution in [0.3, 0.4) is 0 Å². The highest BCUT2D eigenvalue weighted by Gasteiger charge is 2.32. The van der Waals surface area contributed by atoms with Crippen molar-refractivity contribution in [3.05, 3.63) is 0 Å². The fourth-order valence-corrected chi connectivity index (χ4v) is 2.22. The van der Waals surface area contributed by atoms with Gasteiger partial charge in [-0.25, -0.2) is 0 Å². The summed E-state index contributed by atoms with van der Waals surface area (Å²) in [4.78, 5) is 0. The van der Waals surface area contributed by atoms with Crippen LogP contribution in [0.5, 0.6) is 0 Å². The minimum atomic E-state index is 0.314. The molecule has 0 spiro atoms. The Morgan fingerprint density at radius 1 is 1.33 bits per heavy atom. The molecule has 1 heterocycles. The van der Waals surface area contributed by atoms with Gasteiger partial charge in [0.05, 0.1) is 12.2 Å². The van der Waals surface area contributed by atoms with Crippen molar-refractivity contribution in [2.45, 2.75) is 57.6 Å². The normalized spacial score (nSPS) is 43.0. The third-order valence-electron chi connectivity index (χ3n) is 2.87. The minimum absolute atomic E-state index is 0.314. The molecule has 1 saturated heterocycles. The topological polar surface area (TPSA) is 9.23 Å². The quantitative estimate of drug-likeness (QED) is 0.608. The molecular weight excluding hydrogens is 172 g/mol. The lowest BCUT2D eigenvalue weighted by atomic mass is 9.90. The summed E-state index contributed by atoms with van der Waals surface area (Å²) in [7, 11) is 0. The Hall–Kier alpha value is 0.250. The van der Waals surface area contributed by atoms with E-state index in [1.807, 2.05) is 0 Å². The molecule has 0 bridgehead atoms. The second-order valence-corrected chi connectivity index (χ2v) is 4.28. The lowest BCUT2D eigenvalue weighted by Crippen LogP contribution is -2.39. The van der Waals surface area contributed by atoms with Crippen LogP contribution in [0.2, 0.25) is 0 Å². The van der Waals surface area contributed by atoms with E-state index >= 15 is 0 Å². The first-order valence-electron chi connectivity index (χ1n) is 4.98. The van der Waals surface area contributed by atoms with Crippen molar-refractivity contribution >= 4 is 11.6 Å². The lowest BCUT2D eigenvalue weighted by molar-refractivity contribution is -0.0782. The zero-order valence-corrected chi connectivity index (χ0v) is 8.97. The molecule has 1 fully saturated rings. The van der Waals surface area contributed by atoms with E-state index in [0.29, 0.717) is 23.5 Å². The molecule has 4 atom stereocenters. The van der Waals surface area contributed by atoms with Gasteiger partial charge in [0.1, 0.15) is 0 Å². The van der Waals surface area contributed by atoms with Crippen LogP contribution in [0, 0.1) is 5.92 Å². The molecule has 0 aromatic heterocycles. The molecule has 0 amide bonds. The number of alkyl halides is 1. The Labute approximate surface area is 80.4 Å². The van der Waals surface area contributed by atoms with Gasteiger partial charge in [-0.05, 0) is 25.2 Å². The van der Waals surface area contributed by atoms with Crippen LogP contribution in [0.15, 0.2) is 0 Å². The third kappa shape index (κ3) is 2.14. The molecule has 0 aliphatic carbocycles. The van der Waals surface area contributed by atoms with E-state index < -0.39 is 0 Å². The molecule has 0 saturated carbocycles. The first-order chi connectivity index (χ1) is 5.69. The van der Waals surface area contributed by atoms with Crippen LogP contribution in [0.4, 0.5) is 0 Å². The molecule has 2 heteroatoms. The van der Waals surface area contributed by atoms with E-state index in [2.05, 4.69) is 20.8 Å². The van der Waals surface area contributed by atoms with Gasteiger partial charge in [0.15, 0.2) is 0 Å². The van der Waals surface area contributed by atoms with Crippen molar-refractivity contribution in [1.82, 2.24) is 0 Å². The maximum absolute atomic E-state index is 6.23. The third-order valence-corrected chi connectivity index (χ3v) is 3.45. The van der Waals surface area contributed by atoms with Gasteiger partial charge in [0.2, 0.25) is 0 Å². The number of rotatable bonds is 2. The monoisotopic (exact) mass is 190 g/mol. The van der Waals surface area contributed by atoms with Crippen molar-refractivity contribution in [3.8, 4) is 0 Å². The molecule has 0 aromatic carbocycles. The first kappa shape index (κ1) is 10.3. The number of ether oxygens (including phenoxy) is 1. The summed E-state index contributed by atoms with van der Waals surface area (Å²) < 4.78 is 5.88. The van der Waals surface area contributed by atoms with Crippen LogP contribution < -0.4 is 0 Å². The summed E-state index contributed by atoms with van der Waals surface area (Å²) in [5.41, 5.74) is 0. The second-order valence-electron chi connectivity index (χ2n) is 3.72. The van der Waals surface area contributed by atoms with Gasteiger partial charge in [0, 0.05) is 5.38 Å². The summed E-state index contributed by atoms with van der Waals surface area (Å²) in [6.45, 7) is 6.53. The fourth-order valence-electron chi connectivity index (χ4n) is 1.86. The largest absolute Gasteiger partial charge is 0.375 e. The van der Waals surface area contributed by atoms with Crippen molar-refractivity contribution in [3.63, 3.8) is 0 Å². The van der Waals surface area contributed by atoms with Crippen molar-refractivity contribution < 1.29 is 4.74 Å². The molecule has 0 N–H and O–H groups in total. The Bertz CT molecular complexity index is 138. The highest BCUT2D eigenvalue weighted by Crippen LogP contribution is 2.31. The molecule has 1 aliphatic heterocycles. The SMILES string of the molecule is CCC1CC(Cl)C(C)C(CC)O1. The van der Waals surface area contributed by atoms with Gasteiger partial charge in [-0.2, -0.15) is 0 Å². The smallest absolute Gasteiger partial charge is 0.0615 e. The predicted octanol–water partition coefficient (Wildman–Crippen LogP) is 3.21. The number of hydrogen-bond acceptors (Lipinski definition) is 1. The number of halogens is 1. The molecule has 1 nitrogen and oxygen atoms in total. The minimum Gasteiger partial charge on any atom is -0.375 e. The van der Waals surface area contributed by atoms with Gasteiger partial charge in [-0.1, -0.05) is 20.8 Å². The molecule has 4 unspecified atom stereocenters. The lowest BCUT2D eigenvalue weighted by Gasteiger charge is -2.37. The van der Waals surface area contributed by atoms with Crippen LogP contribution in [0.1, 0.15) is 40.0 Å². The molecule has 12 heavy (non-hydrogen) atoms. The van der Waals surface area contributed by atoms with Crippen molar-refractivity contribution in [2.24, 2.45) is 5.92 Å². The van der Waals surface area contributed by atoms with Gasteiger partial charge >= 0.3 is 0 Å². The second kappa shape index (κ2) is 4.48. The summed E-state index contributed by atoms with van der Waals surface area (Å²) >= 11 is 6.23. The molecule has 72 valence electrons. The van der Waals surface area contributed by atoms with Crippen LogP contribution in [-0.2, 0) is 4.74 Å². The molecule has 1 rings (SSSR count). The Kier molecular flexibility index (Phi) is 3.85. The zero-order valence-electron chi connectivity index (χ0n) is 8.22. The van der Waals surface area contributed by atoms with Gasteiger partial charge in [-0.15, -0.1) is 11.6 Å². The highest BCUT2D eigenvalue weighted by atomic mass is 35.5. The van der Waals surface area contributed by atoms with Gasteiger partial charge in [-0.3, -0.25) is 0 Å². The summed E-state index contributed by atoms with van der Waals surface area (Å²) in [6.07, 6.45) is 3.98. The fraction of sp³-hybridized carbons (Fsp3) is 1.00. The Balaban J connectivity index is 2.52. The average molecular weight is 191 g/mol. The van der Waals surface area contributed by atoms with Crippen molar-refractivity contribution in [2.75, 3.05) is 0 Å². The maximum Gasteiger partial charge on any atom is 0.0615 e. The summed E-state index contributed by atoms with van der Waals surface area (Å²) in [5.74, 6) is 0.513. The zero-order chi connectivity index (χ0) is 9.14. The predicted molar refractivity (Wildman–Crippen MR) is 52.7 cm³/mol. The molecule has 0 radical (unpaired) electrons. The maximum atomic E-state index is 6.23. The summed E-state index contributed by atoms with van der Waals surface area (Å²) in [6, 6.07) is 0. The van der Waals surface area contributed by atoms with Crippen LogP contribution >= 0.6 is 11.6 Å². The molecule has 0 aromatic rings. The molecule has 1 aliphatic rings. The Morgan fingerprint density at radius 3 is 2.50 bits per heavy atom. The Morgan fingerprint density at radius 2 is 2.00 bits per heavy atom. The van der Waals surface area contributed by atoms with Gasteiger partial charge < -0.3 is 4.74 Å².